The number of likely N-dealkylation sites (N-methyl/N-ethyl adjacent to an activating group) is 1. The molecule has 0 bridgehead atoms. The molecular weight excluding hydrogens is 280 g/mol. The molecule has 0 aliphatic rings. The van der Waals surface area contributed by atoms with Gasteiger partial charge in [0.15, 0.2) is 0 Å². The van der Waals surface area contributed by atoms with Crippen LogP contribution in [0.2, 0.25) is 0 Å². The van der Waals surface area contributed by atoms with E-state index >= 15 is 0 Å². The molecule has 1 unspecified atom stereocenters. The molecule has 0 spiro atoms. The minimum absolute atomic E-state index is 0.382. The Morgan fingerprint density at radius 2 is 2.10 bits per heavy atom. The van der Waals surface area contributed by atoms with E-state index in [2.05, 4.69) is 58.6 Å². The first-order valence-corrected chi connectivity index (χ1v) is 8.35. The molecule has 0 aromatic carbocycles. The summed E-state index contributed by atoms with van der Waals surface area (Å²) < 4.78 is 0. The zero-order valence-electron chi connectivity index (χ0n) is 13.0. The van der Waals surface area contributed by atoms with Gasteiger partial charge in [0.1, 0.15) is 0 Å². The van der Waals surface area contributed by atoms with Gasteiger partial charge in [-0.15, -0.1) is 11.3 Å². The maximum absolute atomic E-state index is 4.49. The molecule has 0 aliphatic carbocycles. The molecule has 1 N–H and O–H groups in total. The Balaban J connectivity index is 1.91. The van der Waals surface area contributed by atoms with Gasteiger partial charge in [0.2, 0.25) is 5.95 Å². The normalized spacial score (nSPS) is 12.3. The van der Waals surface area contributed by atoms with Crippen molar-refractivity contribution >= 4 is 17.3 Å². The van der Waals surface area contributed by atoms with E-state index in [1.807, 2.05) is 12.4 Å². The smallest absolute Gasteiger partial charge is 0.225 e. The van der Waals surface area contributed by atoms with Crippen LogP contribution in [0.15, 0.2) is 29.9 Å². The molecule has 21 heavy (non-hydrogen) atoms. The fourth-order valence-electron chi connectivity index (χ4n) is 2.08. The van der Waals surface area contributed by atoms with Gasteiger partial charge in [0.05, 0.1) is 0 Å². The Morgan fingerprint density at radius 3 is 2.71 bits per heavy atom. The second kappa shape index (κ2) is 8.10. The van der Waals surface area contributed by atoms with E-state index < -0.39 is 0 Å². The van der Waals surface area contributed by atoms with Gasteiger partial charge in [0.25, 0.3) is 0 Å². The molecule has 2 rings (SSSR count). The van der Waals surface area contributed by atoms with Crippen LogP contribution in [0, 0.1) is 0 Å². The average molecular weight is 304 g/mol. The minimum atomic E-state index is 0.382. The van der Waals surface area contributed by atoms with Crippen molar-refractivity contribution in [2.75, 3.05) is 18.5 Å². The molecule has 0 radical (unpaired) electrons. The number of aromatic nitrogens is 2. The molecule has 2 heterocycles. The fourth-order valence-corrected chi connectivity index (χ4v) is 2.91. The molecule has 1 atom stereocenters. The van der Waals surface area contributed by atoms with E-state index in [0.29, 0.717) is 6.04 Å². The van der Waals surface area contributed by atoms with Gasteiger partial charge < -0.3 is 10.2 Å². The van der Waals surface area contributed by atoms with Crippen molar-refractivity contribution < 1.29 is 0 Å². The van der Waals surface area contributed by atoms with Crippen LogP contribution in [0.1, 0.15) is 30.7 Å². The quantitative estimate of drug-likeness (QED) is 0.761. The summed E-state index contributed by atoms with van der Waals surface area (Å²) in [6.45, 7) is 6.23. The maximum atomic E-state index is 4.49. The van der Waals surface area contributed by atoms with Crippen molar-refractivity contribution in [2.45, 2.75) is 39.3 Å². The van der Waals surface area contributed by atoms with Crippen molar-refractivity contribution in [3.8, 4) is 0 Å². The van der Waals surface area contributed by atoms with E-state index in [1.165, 1.54) is 4.88 Å². The summed E-state index contributed by atoms with van der Waals surface area (Å²) >= 11 is 1.80. The lowest BCUT2D eigenvalue weighted by atomic mass is 10.2. The number of hydrogen-bond acceptors (Lipinski definition) is 5. The van der Waals surface area contributed by atoms with E-state index in [9.17, 15) is 0 Å². The average Bonchev–Trinajstić information content (AvgIpc) is 3.00. The van der Waals surface area contributed by atoms with Gasteiger partial charge in [-0.05, 0) is 31.3 Å². The van der Waals surface area contributed by atoms with Gasteiger partial charge in [0, 0.05) is 48.9 Å². The van der Waals surface area contributed by atoms with Crippen LogP contribution in [0.5, 0.6) is 0 Å². The van der Waals surface area contributed by atoms with Gasteiger partial charge in [-0.2, -0.15) is 0 Å². The second-order valence-corrected chi connectivity index (χ2v) is 6.34. The third-order valence-electron chi connectivity index (χ3n) is 3.50. The third-order valence-corrected chi connectivity index (χ3v) is 4.40. The molecule has 0 saturated carbocycles. The van der Waals surface area contributed by atoms with Crippen LogP contribution >= 0.6 is 11.3 Å². The van der Waals surface area contributed by atoms with Crippen LogP contribution in [-0.2, 0) is 13.0 Å². The molecule has 4 nitrogen and oxygen atoms in total. The van der Waals surface area contributed by atoms with Crippen molar-refractivity contribution in [3.05, 3.63) is 40.3 Å². The minimum Gasteiger partial charge on any atom is -0.341 e. The van der Waals surface area contributed by atoms with Crippen LogP contribution < -0.4 is 10.2 Å². The Hall–Kier alpha value is -1.46. The number of rotatable bonds is 8. The van der Waals surface area contributed by atoms with Gasteiger partial charge in [-0.1, -0.05) is 13.0 Å². The number of nitrogens with zero attached hydrogens (tertiary/aromatic N) is 3. The van der Waals surface area contributed by atoms with E-state index in [0.717, 1.165) is 37.4 Å². The van der Waals surface area contributed by atoms with Gasteiger partial charge in [-0.3, -0.25) is 0 Å². The molecule has 5 heteroatoms. The highest BCUT2D eigenvalue weighted by Crippen LogP contribution is 2.16. The number of hydrogen-bond donors (Lipinski definition) is 1. The summed E-state index contributed by atoms with van der Waals surface area (Å²) in [5, 5.41) is 5.48. The monoisotopic (exact) mass is 304 g/mol. The zero-order valence-corrected chi connectivity index (χ0v) is 13.9. The first-order chi connectivity index (χ1) is 10.2. The zero-order chi connectivity index (χ0) is 15.1. The molecule has 0 saturated heterocycles. The van der Waals surface area contributed by atoms with Crippen molar-refractivity contribution in [1.29, 1.82) is 0 Å². The largest absolute Gasteiger partial charge is 0.341 e. The number of anilines is 1. The standard InChI is InChI=1S/C16H24N4S/c1-4-7-17-10-14-11-18-16(19-12-14)20(3)13(2)9-15-6-5-8-21-15/h5-6,8,11-13,17H,4,7,9-10H2,1-3H3. The Bertz CT molecular complexity index is 510. The van der Waals surface area contributed by atoms with Crippen molar-refractivity contribution in [3.63, 3.8) is 0 Å². The van der Waals surface area contributed by atoms with Gasteiger partial charge in [-0.25, -0.2) is 9.97 Å². The molecule has 0 fully saturated rings. The number of thiophene rings is 1. The number of nitrogens with one attached hydrogen (secondary N) is 1. The summed E-state index contributed by atoms with van der Waals surface area (Å²) in [5.41, 5.74) is 1.13. The molecule has 0 aliphatic heterocycles. The Morgan fingerprint density at radius 1 is 1.33 bits per heavy atom. The highest BCUT2D eigenvalue weighted by atomic mass is 32.1. The fraction of sp³-hybridized carbons (Fsp3) is 0.500. The van der Waals surface area contributed by atoms with Crippen LogP contribution in [0.25, 0.3) is 0 Å². The van der Waals surface area contributed by atoms with Gasteiger partial charge >= 0.3 is 0 Å². The lowest BCUT2D eigenvalue weighted by molar-refractivity contribution is 0.659. The third kappa shape index (κ3) is 4.79. The van der Waals surface area contributed by atoms with Crippen LogP contribution in [-0.4, -0.2) is 29.6 Å². The summed E-state index contributed by atoms with van der Waals surface area (Å²) in [7, 11) is 2.06. The lowest BCUT2D eigenvalue weighted by Gasteiger charge is -2.24. The Kier molecular flexibility index (Phi) is 6.14. The second-order valence-electron chi connectivity index (χ2n) is 5.31. The molecule has 0 amide bonds. The maximum Gasteiger partial charge on any atom is 0.225 e. The highest BCUT2D eigenvalue weighted by molar-refractivity contribution is 7.09. The van der Waals surface area contributed by atoms with Crippen LogP contribution in [0.3, 0.4) is 0 Å². The van der Waals surface area contributed by atoms with Crippen LogP contribution in [0.4, 0.5) is 5.95 Å². The highest BCUT2D eigenvalue weighted by Gasteiger charge is 2.13. The van der Waals surface area contributed by atoms with Crippen molar-refractivity contribution in [1.82, 2.24) is 15.3 Å². The van der Waals surface area contributed by atoms with E-state index in [4.69, 9.17) is 0 Å². The molecule has 2 aromatic heterocycles. The first-order valence-electron chi connectivity index (χ1n) is 7.47. The molecular formula is C16H24N4S. The first kappa shape index (κ1) is 15.9. The summed E-state index contributed by atoms with van der Waals surface area (Å²) in [4.78, 5) is 12.5. The lowest BCUT2D eigenvalue weighted by Crippen LogP contribution is -2.32. The summed E-state index contributed by atoms with van der Waals surface area (Å²) in [6, 6.07) is 4.66. The Labute approximate surface area is 131 Å². The van der Waals surface area contributed by atoms with Crippen molar-refractivity contribution in [2.24, 2.45) is 0 Å². The summed E-state index contributed by atoms with van der Waals surface area (Å²) in [5.74, 6) is 0.790. The molecule has 114 valence electrons. The van der Waals surface area contributed by atoms with E-state index in [-0.39, 0.29) is 0 Å². The SMILES string of the molecule is CCCNCc1cnc(N(C)C(C)Cc2cccs2)nc1. The predicted molar refractivity (Wildman–Crippen MR) is 89.9 cm³/mol. The van der Waals surface area contributed by atoms with E-state index in [1.54, 1.807) is 11.3 Å². The summed E-state index contributed by atoms with van der Waals surface area (Å²) in [6.07, 6.45) is 6.00. The molecule has 2 aromatic rings. The predicted octanol–water partition coefficient (Wildman–Crippen LogP) is 3.11. The topological polar surface area (TPSA) is 41.1 Å².